The Kier molecular flexibility index (Phi) is 6.39. The smallest absolute Gasteiger partial charge is 0.222 e. The molecule has 6 nitrogen and oxygen atoms in total. The maximum absolute atomic E-state index is 11.7. The Bertz CT molecular complexity index is 749. The van der Waals surface area contributed by atoms with Crippen LogP contribution >= 0.6 is 11.6 Å². The molecule has 146 valence electrons. The van der Waals surface area contributed by atoms with Crippen LogP contribution in [0.15, 0.2) is 35.2 Å². The summed E-state index contributed by atoms with van der Waals surface area (Å²) in [5.74, 6) is 0.972. The van der Waals surface area contributed by atoms with Gasteiger partial charge in [0.2, 0.25) is 5.91 Å². The second-order valence-corrected chi connectivity index (χ2v) is 7.42. The van der Waals surface area contributed by atoms with Crippen LogP contribution in [0.4, 0.5) is 0 Å². The molecule has 0 spiro atoms. The van der Waals surface area contributed by atoms with E-state index in [2.05, 4.69) is 18.4 Å². The number of ether oxygens (including phenoxy) is 1. The summed E-state index contributed by atoms with van der Waals surface area (Å²) in [4.78, 5) is 13.7. The fourth-order valence-corrected chi connectivity index (χ4v) is 3.83. The molecule has 0 aromatic heterocycles. The number of halogens is 1. The Balaban J connectivity index is 1.53. The fraction of sp³-hybridized carbons (Fsp3) is 0.500. The van der Waals surface area contributed by atoms with Gasteiger partial charge in [0.15, 0.2) is 0 Å². The number of amides is 1. The lowest BCUT2D eigenvalue weighted by Crippen LogP contribution is -2.38. The summed E-state index contributed by atoms with van der Waals surface area (Å²) in [5.41, 5.74) is 2.10. The number of nitrogens with zero attached hydrogens (tertiary/aromatic N) is 3. The van der Waals surface area contributed by atoms with Crippen molar-refractivity contribution in [2.24, 2.45) is 5.10 Å². The monoisotopic (exact) mass is 391 g/mol. The summed E-state index contributed by atoms with van der Waals surface area (Å²) in [6, 6.07) is 5.79. The normalized spacial score (nSPS) is 21.7. The number of rotatable bonds is 9. The van der Waals surface area contributed by atoms with Crippen molar-refractivity contribution < 1.29 is 14.1 Å². The number of nitrogens with one attached hydrogen (secondary N) is 1. The minimum Gasteiger partial charge on any atom is -0.495 e. The molecule has 1 atom stereocenters. The zero-order chi connectivity index (χ0) is 19.3. The maximum atomic E-state index is 11.7. The largest absolute Gasteiger partial charge is 0.495 e. The third-order valence-corrected chi connectivity index (χ3v) is 5.51. The molecule has 2 aliphatic rings. The van der Waals surface area contributed by atoms with Gasteiger partial charge >= 0.3 is 0 Å². The Morgan fingerprint density at radius 3 is 2.93 bits per heavy atom. The van der Waals surface area contributed by atoms with E-state index in [4.69, 9.17) is 21.4 Å². The predicted molar refractivity (Wildman–Crippen MR) is 108 cm³/mol. The topological polar surface area (TPSA) is 53.9 Å². The van der Waals surface area contributed by atoms with Crippen molar-refractivity contribution in [2.45, 2.75) is 32.7 Å². The molecule has 1 unspecified atom stereocenters. The first-order valence-corrected chi connectivity index (χ1v) is 9.92. The van der Waals surface area contributed by atoms with Crippen LogP contribution in [0, 0.1) is 0 Å². The molecule has 7 heteroatoms. The molecule has 0 bridgehead atoms. The van der Waals surface area contributed by atoms with Gasteiger partial charge in [0.25, 0.3) is 0 Å². The summed E-state index contributed by atoms with van der Waals surface area (Å²) in [6.45, 7) is 6.34. The minimum absolute atomic E-state index is 0.291. The van der Waals surface area contributed by atoms with Crippen molar-refractivity contribution in [1.29, 1.82) is 0 Å². The molecule has 27 heavy (non-hydrogen) atoms. The highest BCUT2D eigenvalue weighted by Gasteiger charge is 2.29. The van der Waals surface area contributed by atoms with Gasteiger partial charge in [-0.3, -0.25) is 4.79 Å². The standard InChI is InChI=1S/C20H28ClN4O2/c1-3-25(11-5-10-24-9-4-6-20(24)26)15-17(14-23-25)22-13-16-7-8-19(27-2)18(21)12-16/h7-8,12,14-15,22H,3-6,9-11,13H2,1-2H3/q+1. The zero-order valence-corrected chi connectivity index (χ0v) is 16.8. The Hall–Kier alpha value is -2.05. The van der Waals surface area contributed by atoms with E-state index < -0.39 is 0 Å². The van der Waals surface area contributed by atoms with E-state index in [1.807, 2.05) is 29.3 Å². The van der Waals surface area contributed by atoms with Crippen LogP contribution in [0.3, 0.4) is 0 Å². The third-order valence-electron chi connectivity index (χ3n) is 5.21. The van der Waals surface area contributed by atoms with Crippen LogP contribution in [-0.2, 0) is 11.3 Å². The number of allylic oxidation sites excluding steroid dienone is 1. The second kappa shape index (κ2) is 8.76. The molecule has 2 heterocycles. The summed E-state index contributed by atoms with van der Waals surface area (Å²) in [7, 11) is 1.61. The first-order valence-electron chi connectivity index (χ1n) is 9.54. The van der Waals surface area contributed by atoms with E-state index >= 15 is 0 Å². The first kappa shape index (κ1) is 19.7. The molecule has 1 N–H and O–H groups in total. The van der Waals surface area contributed by atoms with Crippen LogP contribution in [0.25, 0.3) is 0 Å². The van der Waals surface area contributed by atoms with Gasteiger partial charge in [0.05, 0.1) is 12.1 Å². The van der Waals surface area contributed by atoms with Gasteiger partial charge in [0, 0.05) is 32.5 Å². The Morgan fingerprint density at radius 1 is 1.41 bits per heavy atom. The number of likely N-dealkylation sites (tertiary alicyclic amines) is 1. The van der Waals surface area contributed by atoms with Gasteiger partial charge in [-0.15, -0.1) is 0 Å². The molecule has 1 amide bonds. The quantitative estimate of drug-likeness (QED) is 0.658. The maximum Gasteiger partial charge on any atom is 0.222 e. The van der Waals surface area contributed by atoms with Gasteiger partial charge in [-0.05, 0) is 31.0 Å². The average Bonchev–Trinajstić information content (AvgIpc) is 3.27. The highest BCUT2D eigenvalue weighted by Crippen LogP contribution is 2.25. The van der Waals surface area contributed by atoms with Gasteiger partial charge < -0.3 is 15.0 Å². The predicted octanol–water partition coefficient (Wildman–Crippen LogP) is 3.13. The van der Waals surface area contributed by atoms with Crippen molar-refractivity contribution in [1.82, 2.24) is 10.2 Å². The second-order valence-electron chi connectivity index (χ2n) is 7.02. The molecule has 0 aliphatic carbocycles. The molecule has 0 saturated carbocycles. The summed E-state index contributed by atoms with van der Waals surface area (Å²) >= 11 is 6.19. The first-order chi connectivity index (χ1) is 13.0. The van der Waals surface area contributed by atoms with Crippen LogP contribution in [0.2, 0.25) is 5.02 Å². The zero-order valence-electron chi connectivity index (χ0n) is 16.1. The fourth-order valence-electron chi connectivity index (χ4n) is 3.55. The van der Waals surface area contributed by atoms with Crippen LogP contribution < -0.4 is 10.1 Å². The number of quaternary nitrogens is 1. The average molecular weight is 392 g/mol. The van der Waals surface area contributed by atoms with Gasteiger partial charge in [0.1, 0.15) is 37.0 Å². The lowest BCUT2D eigenvalue weighted by atomic mass is 10.2. The Morgan fingerprint density at radius 2 is 2.26 bits per heavy atom. The molecule has 1 saturated heterocycles. The molecular weight excluding hydrogens is 364 g/mol. The van der Waals surface area contributed by atoms with Crippen molar-refractivity contribution >= 4 is 23.7 Å². The van der Waals surface area contributed by atoms with Crippen LogP contribution in [0.5, 0.6) is 5.75 Å². The highest BCUT2D eigenvalue weighted by molar-refractivity contribution is 6.32. The van der Waals surface area contributed by atoms with E-state index in [-0.39, 0.29) is 0 Å². The molecule has 2 aliphatic heterocycles. The number of carbonyl (C=O) groups is 1. The lowest BCUT2D eigenvalue weighted by Gasteiger charge is -2.25. The van der Waals surface area contributed by atoms with Gasteiger partial charge in [-0.2, -0.15) is 4.59 Å². The summed E-state index contributed by atoms with van der Waals surface area (Å²) < 4.78 is 5.77. The van der Waals surface area contributed by atoms with E-state index in [0.29, 0.717) is 34.2 Å². The molecule has 3 rings (SSSR count). The molecule has 0 radical (unpaired) electrons. The molecular formula is C20H28ClN4O2+. The number of methoxy groups -OCH3 is 1. The van der Waals surface area contributed by atoms with Gasteiger partial charge in [-0.1, -0.05) is 22.8 Å². The van der Waals surface area contributed by atoms with Crippen molar-refractivity contribution in [3.05, 3.63) is 40.7 Å². The van der Waals surface area contributed by atoms with E-state index in [1.54, 1.807) is 7.11 Å². The number of hydrogen-bond acceptors (Lipinski definition) is 4. The van der Waals surface area contributed by atoms with Crippen molar-refractivity contribution in [3.8, 4) is 5.75 Å². The van der Waals surface area contributed by atoms with Crippen molar-refractivity contribution in [3.63, 3.8) is 0 Å². The number of benzene rings is 1. The van der Waals surface area contributed by atoms with Crippen molar-refractivity contribution in [2.75, 3.05) is 33.3 Å². The van der Waals surface area contributed by atoms with E-state index in [9.17, 15) is 4.79 Å². The SMILES string of the molecule is CC[N+]1(CCCN2CCCC2=O)C=C(NCc2ccc(OC)c(Cl)c2)C=N1. The number of carbonyl (C=O) groups excluding carboxylic acids is 1. The molecule has 1 aromatic rings. The van der Waals surface area contributed by atoms with Gasteiger partial charge in [-0.25, -0.2) is 0 Å². The van der Waals surface area contributed by atoms with E-state index in [0.717, 1.165) is 50.3 Å². The molecule has 1 fully saturated rings. The highest BCUT2D eigenvalue weighted by atomic mass is 35.5. The van der Waals surface area contributed by atoms with Crippen LogP contribution in [0.1, 0.15) is 31.7 Å². The summed E-state index contributed by atoms with van der Waals surface area (Å²) in [6.07, 6.45) is 6.71. The number of hydrogen-bond donors (Lipinski definition) is 1. The third kappa shape index (κ3) is 4.82. The van der Waals surface area contributed by atoms with E-state index in [1.165, 1.54) is 0 Å². The molecule has 1 aromatic carbocycles. The summed E-state index contributed by atoms with van der Waals surface area (Å²) in [5, 5.41) is 8.75. The van der Waals surface area contributed by atoms with Crippen LogP contribution in [-0.4, -0.2) is 54.9 Å². The Labute approximate surface area is 166 Å². The lowest BCUT2D eigenvalue weighted by molar-refractivity contribution is -0.882. The minimum atomic E-state index is 0.291.